The van der Waals surface area contributed by atoms with E-state index in [9.17, 15) is 9.59 Å². The van der Waals surface area contributed by atoms with Gasteiger partial charge in [0.25, 0.3) is 5.91 Å². The van der Waals surface area contributed by atoms with Gasteiger partial charge in [0.05, 0.1) is 0 Å². The summed E-state index contributed by atoms with van der Waals surface area (Å²) in [6.45, 7) is 4.00. The zero-order chi connectivity index (χ0) is 25.4. The van der Waals surface area contributed by atoms with E-state index in [1.165, 1.54) is 4.90 Å². The lowest BCUT2D eigenvalue weighted by atomic mass is 10.0. The van der Waals surface area contributed by atoms with Gasteiger partial charge in [-0.25, -0.2) is 0 Å². The van der Waals surface area contributed by atoms with Gasteiger partial charge in [-0.1, -0.05) is 71.2 Å². The van der Waals surface area contributed by atoms with Crippen molar-refractivity contribution in [3.05, 3.63) is 98.5 Å². The van der Waals surface area contributed by atoms with Gasteiger partial charge in [0, 0.05) is 34.6 Å². The second-order valence-corrected chi connectivity index (χ2v) is 9.31. The number of hydrogen-bond donors (Lipinski definition) is 1. The average Bonchev–Trinajstić information content (AvgIpc) is 2.84. The first kappa shape index (κ1) is 26.9. The Kier molecular flexibility index (Phi) is 9.84. The molecule has 0 bridgehead atoms. The number of hydrogen-bond acceptors (Lipinski definition) is 3. The maximum absolute atomic E-state index is 13.5. The van der Waals surface area contributed by atoms with Crippen LogP contribution in [0.25, 0.3) is 0 Å². The molecular weight excluding hydrogens is 507 g/mol. The minimum absolute atomic E-state index is 0.118. The third-order valence-corrected chi connectivity index (χ3v) is 6.48. The van der Waals surface area contributed by atoms with Crippen LogP contribution in [0.15, 0.2) is 66.7 Å². The predicted molar refractivity (Wildman–Crippen MR) is 141 cm³/mol. The van der Waals surface area contributed by atoms with E-state index in [0.29, 0.717) is 39.3 Å². The molecule has 0 aromatic heterocycles. The fourth-order valence-corrected chi connectivity index (χ4v) is 4.20. The van der Waals surface area contributed by atoms with Crippen LogP contribution in [-0.4, -0.2) is 35.9 Å². The van der Waals surface area contributed by atoms with Crippen molar-refractivity contribution in [2.45, 2.75) is 32.9 Å². The van der Waals surface area contributed by atoms with Gasteiger partial charge >= 0.3 is 0 Å². The number of rotatable bonds is 10. The summed E-state index contributed by atoms with van der Waals surface area (Å²) in [5.41, 5.74) is 2.44. The monoisotopic (exact) mass is 532 g/mol. The van der Waals surface area contributed by atoms with Crippen molar-refractivity contribution in [1.82, 2.24) is 10.2 Å². The molecule has 2 amide bonds. The van der Waals surface area contributed by atoms with Crippen molar-refractivity contribution >= 4 is 46.6 Å². The number of amides is 2. The zero-order valence-electron chi connectivity index (χ0n) is 19.6. The summed E-state index contributed by atoms with van der Waals surface area (Å²) in [6, 6.07) is 19.1. The van der Waals surface area contributed by atoms with Gasteiger partial charge in [-0.15, -0.1) is 0 Å². The predicted octanol–water partition coefficient (Wildman–Crippen LogP) is 6.11. The van der Waals surface area contributed by atoms with Gasteiger partial charge in [0.1, 0.15) is 11.8 Å². The molecule has 0 aliphatic rings. The second kappa shape index (κ2) is 12.8. The second-order valence-electron chi connectivity index (χ2n) is 8.06. The van der Waals surface area contributed by atoms with Gasteiger partial charge in [0.2, 0.25) is 5.91 Å². The first-order chi connectivity index (χ1) is 16.8. The molecule has 3 aromatic carbocycles. The molecule has 0 heterocycles. The Balaban J connectivity index is 1.92. The number of halogens is 3. The van der Waals surface area contributed by atoms with E-state index in [1.807, 2.05) is 44.2 Å². The molecule has 0 spiro atoms. The summed E-state index contributed by atoms with van der Waals surface area (Å²) in [4.78, 5) is 28.2. The van der Waals surface area contributed by atoms with Crippen molar-refractivity contribution in [3.63, 3.8) is 0 Å². The van der Waals surface area contributed by atoms with Crippen molar-refractivity contribution in [2.75, 3.05) is 13.2 Å². The van der Waals surface area contributed by atoms with E-state index in [2.05, 4.69) is 5.32 Å². The summed E-state index contributed by atoms with van der Waals surface area (Å²) < 4.78 is 5.78. The molecule has 0 saturated heterocycles. The van der Waals surface area contributed by atoms with Gasteiger partial charge < -0.3 is 15.0 Å². The lowest BCUT2D eigenvalue weighted by Crippen LogP contribution is -2.51. The molecule has 3 rings (SSSR count). The normalized spacial score (nSPS) is 11.6. The third kappa shape index (κ3) is 7.63. The van der Waals surface area contributed by atoms with E-state index < -0.39 is 6.04 Å². The molecule has 0 aliphatic carbocycles. The van der Waals surface area contributed by atoms with E-state index >= 15 is 0 Å². The van der Waals surface area contributed by atoms with Gasteiger partial charge in [-0.05, 0) is 60.9 Å². The summed E-state index contributed by atoms with van der Waals surface area (Å²) >= 11 is 18.6. The van der Waals surface area contributed by atoms with Crippen LogP contribution in [0.1, 0.15) is 23.6 Å². The molecule has 3 aromatic rings. The molecule has 1 atom stereocenters. The highest BCUT2D eigenvalue weighted by Gasteiger charge is 2.31. The molecule has 0 radical (unpaired) electrons. The Hall–Kier alpha value is -2.73. The van der Waals surface area contributed by atoms with Crippen LogP contribution in [-0.2, 0) is 22.6 Å². The molecule has 1 unspecified atom stereocenters. The molecule has 0 fully saturated rings. The highest BCUT2D eigenvalue weighted by Crippen LogP contribution is 2.25. The van der Waals surface area contributed by atoms with Crippen molar-refractivity contribution in [1.29, 1.82) is 0 Å². The van der Waals surface area contributed by atoms with Crippen LogP contribution in [0.5, 0.6) is 5.75 Å². The minimum atomic E-state index is -0.771. The zero-order valence-corrected chi connectivity index (χ0v) is 21.8. The number of nitrogens with one attached hydrogen (secondary N) is 1. The fourth-order valence-electron chi connectivity index (χ4n) is 3.61. The molecule has 184 valence electrons. The highest BCUT2D eigenvalue weighted by molar-refractivity contribution is 6.35. The van der Waals surface area contributed by atoms with Crippen molar-refractivity contribution in [2.24, 2.45) is 0 Å². The smallest absolute Gasteiger partial charge is 0.261 e. The summed E-state index contributed by atoms with van der Waals surface area (Å²) in [6.07, 6.45) is 0.337. The first-order valence-electron chi connectivity index (χ1n) is 11.2. The summed E-state index contributed by atoms with van der Waals surface area (Å²) in [5, 5.41) is 4.37. The standard InChI is InChI=1S/C27H27Cl3N2O3/c1-3-31-27(34)25(14-19-7-5-4-6-8-19)32(16-20-9-10-21(28)15-24(20)30)26(33)17-35-22-11-12-23(29)18(2)13-22/h4-13,15,25H,3,14,16-17H2,1-2H3,(H,31,34). The Morgan fingerprint density at radius 1 is 0.971 bits per heavy atom. The number of likely N-dealkylation sites (N-methyl/N-ethyl adjacent to an activating group) is 1. The average molecular weight is 534 g/mol. The van der Waals surface area contributed by atoms with Gasteiger partial charge in [-0.3, -0.25) is 9.59 Å². The third-order valence-electron chi connectivity index (χ3n) is 5.47. The first-order valence-corrected chi connectivity index (χ1v) is 12.4. The Morgan fingerprint density at radius 3 is 2.37 bits per heavy atom. The number of ether oxygens (including phenoxy) is 1. The molecule has 35 heavy (non-hydrogen) atoms. The van der Waals surface area contributed by atoms with Crippen LogP contribution < -0.4 is 10.1 Å². The van der Waals surface area contributed by atoms with Crippen molar-refractivity contribution in [3.8, 4) is 5.75 Å². The maximum atomic E-state index is 13.5. The fraction of sp³-hybridized carbons (Fsp3) is 0.259. The molecule has 0 saturated carbocycles. The largest absolute Gasteiger partial charge is 0.484 e. The topological polar surface area (TPSA) is 58.6 Å². The lowest BCUT2D eigenvalue weighted by Gasteiger charge is -2.31. The molecule has 0 aliphatic heterocycles. The van der Waals surface area contributed by atoms with Crippen LogP contribution in [0.4, 0.5) is 0 Å². The maximum Gasteiger partial charge on any atom is 0.261 e. The highest BCUT2D eigenvalue weighted by atomic mass is 35.5. The quantitative estimate of drug-likeness (QED) is 0.342. The summed E-state index contributed by atoms with van der Waals surface area (Å²) in [7, 11) is 0. The van der Waals surface area contributed by atoms with Gasteiger partial charge in [0.15, 0.2) is 6.61 Å². The molecule has 1 N–H and O–H groups in total. The number of nitrogens with zero attached hydrogens (tertiary/aromatic N) is 1. The van der Waals surface area contributed by atoms with Crippen LogP contribution >= 0.6 is 34.8 Å². The number of aryl methyl sites for hydroxylation is 1. The van der Waals surface area contributed by atoms with E-state index in [-0.39, 0.29) is 25.0 Å². The van der Waals surface area contributed by atoms with Gasteiger partial charge in [-0.2, -0.15) is 0 Å². The van der Waals surface area contributed by atoms with Crippen LogP contribution in [0.3, 0.4) is 0 Å². The molecular formula is C27H27Cl3N2O3. The SMILES string of the molecule is CCNC(=O)C(Cc1ccccc1)N(Cc1ccc(Cl)cc1Cl)C(=O)COc1ccc(Cl)c(C)c1. The number of carbonyl (C=O) groups excluding carboxylic acids is 2. The summed E-state index contributed by atoms with van der Waals surface area (Å²) in [5.74, 6) is -0.0877. The lowest BCUT2D eigenvalue weighted by molar-refractivity contribution is -0.142. The molecule has 5 nitrogen and oxygen atoms in total. The number of benzene rings is 3. The van der Waals surface area contributed by atoms with Crippen molar-refractivity contribution < 1.29 is 14.3 Å². The van der Waals surface area contributed by atoms with E-state index in [4.69, 9.17) is 39.5 Å². The van der Waals surface area contributed by atoms with E-state index in [0.717, 1.165) is 11.1 Å². The van der Waals surface area contributed by atoms with Crippen LogP contribution in [0.2, 0.25) is 15.1 Å². The van der Waals surface area contributed by atoms with E-state index in [1.54, 1.807) is 36.4 Å². The Morgan fingerprint density at radius 2 is 1.71 bits per heavy atom. The molecule has 8 heteroatoms. The Bertz CT molecular complexity index is 1170. The number of carbonyl (C=O) groups is 2. The van der Waals surface area contributed by atoms with Crippen LogP contribution in [0, 0.1) is 6.92 Å². The minimum Gasteiger partial charge on any atom is -0.484 e. The Labute approximate surface area is 220 Å².